The number of hydrogen-bond acceptors (Lipinski definition) is 4. The lowest BCUT2D eigenvalue weighted by Crippen LogP contribution is -2.30. The van der Waals surface area contributed by atoms with E-state index in [4.69, 9.17) is 11.6 Å². The second-order valence-corrected chi connectivity index (χ2v) is 7.29. The van der Waals surface area contributed by atoms with Gasteiger partial charge in [0.2, 0.25) is 0 Å². The molecule has 1 aliphatic rings. The maximum absolute atomic E-state index is 12.1. The maximum atomic E-state index is 12.1. The summed E-state index contributed by atoms with van der Waals surface area (Å²) < 4.78 is 0. The largest absolute Gasteiger partial charge is 0.351 e. The van der Waals surface area contributed by atoms with Crippen molar-refractivity contribution in [2.45, 2.75) is 19.9 Å². The molecule has 2 aromatic heterocycles. The van der Waals surface area contributed by atoms with E-state index in [9.17, 15) is 4.79 Å². The Bertz CT molecular complexity index is 688. The van der Waals surface area contributed by atoms with E-state index in [2.05, 4.69) is 27.3 Å². The van der Waals surface area contributed by atoms with E-state index in [1.807, 2.05) is 18.4 Å². The van der Waals surface area contributed by atoms with Crippen LogP contribution in [0, 0.1) is 12.8 Å². The monoisotopic (exact) mass is 349 g/mol. The van der Waals surface area contributed by atoms with Crippen LogP contribution in [0.4, 0.5) is 0 Å². The average molecular weight is 350 g/mol. The number of thiophene rings is 1. The first-order valence-corrected chi connectivity index (χ1v) is 9.03. The number of nitrogens with zero attached hydrogens (tertiary/aromatic N) is 2. The number of aromatic nitrogens is 1. The summed E-state index contributed by atoms with van der Waals surface area (Å²) in [5.41, 5.74) is 2.17. The minimum Gasteiger partial charge on any atom is -0.351 e. The fourth-order valence-electron chi connectivity index (χ4n) is 2.91. The van der Waals surface area contributed by atoms with Crippen LogP contribution in [0.2, 0.25) is 5.02 Å². The number of carbonyl (C=O) groups excluding carboxylic acids is 1. The van der Waals surface area contributed by atoms with Crippen molar-refractivity contribution >= 4 is 28.8 Å². The second-order valence-electron chi connectivity index (χ2n) is 5.97. The van der Waals surface area contributed by atoms with Crippen molar-refractivity contribution in [3.63, 3.8) is 0 Å². The molecule has 1 fully saturated rings. The molecule has 6 heteroatoms. The number of rotatable bonds is 5. The lowest BCUT2D eigenvalue weighted by Gasteiger charge is -2.16. The molecule has 0 aliphatic carbocycles. The van der Waals surface area contributed by atoms with Gasteiger partial charge in [0, 0.05) is 25.3 Å². The number of halogens is 1. The smallest absolute Gasteiger partial charge is 0.262 e. The summed E-state index contributed by atoms with van der Waals surface area (Å²) in [5.74, 6) is 0.422. The molecule has 0 bridgehead atoms. The first-order valence-electron chi connectivity index (χ1n) is 7.78. The van der Waals surface area contributed by atoms with Gasteiger partial charge in [-0.05, 0) is 49.4 Å². The topological polar surface area (TPSA) is 45.2 Å². The van der Waals surface area contributed by atoms with Crippen LogP contribution in [-0.2, 0) is 6.54 Å². The van der Waals surface area contributed by atoms with Gasteiger partial charge in [0.15, 0.2) is 0 Å². The van der Waals surface area contributed by atoms with Crippen LogP contribution in [-0.4, -0.2) is 35.4 Å². The van der Waals surface area contributed by atoms with Gasteiger partial charge in [0.05, 0.1) is 10.7 Å². The van der Waals surface area contributed by atoms with Crippen molar-refractivity contribution in [2.75, 3.05) is 19.6 Å². The molecule has 1 atom stereocenters. The standard InChI is InChI=1S/C17H20ClN3OS/c1-12-3-2-4-14(20-12)11-21-7-5-13(10-21)9-19-17(22)16-15(18)6-8-23-16/h2-4,6,8,13H,5,7,9-11H2,1H3,(H,19,22)/t13-/m0/s1. The molecule has 1 N–H and O–H groups in total. The Morgan fingerprint density at radius 3 is 3.09 bits per heavy atom. The Labute approximate surface area is 145 Å². The lowest BCUT2D eigenvalue weighted by atomic mass is 10.1. The first kappa shape index (κ1) is 16.4. The fraction of sp³-hybridized carbons (Fsp3) is 0.412. The molecule has 3 heterocycles. The molecule has 1 saturated heterocycles. The number of pyridine rings is 1. The van der Waals surface area contributed by atoms with Gasteiger partial charge in [-0.1, -0.05) is 17.7 Å². The van der Waals surface area contributed by atoms with E-state index >= 15 is 0 Å². The molecule has 1 aliphatic heterocycles. The van der Waals surface area contributed by atoms with Crippen molar-refractivity contribution in [3.05, 3.63) is 50.9 Å². The van der Waals surface area contributed by atoms with Crippen LogP contribution < -0.4 is 5.32 Å². The predicted octanol–water partition coefficient (Wildman–Crippen LogP) is 3.36. The zero-order chi connectivity index (χ0) is 16.2. The van der Waals surface area contributed by atoms with Crippen LogP contribution in [0.1, 0.15) is 27.5 Å². The molecule has 0 radical (unpaired) electrons. The molecule has 23 heavy (non-hydrogen) atoms. The number of nitrogens with one attached hydrogen (secondary N) is 1. The second kappa shape index (κ2) is 7.43. The number of hydrogen-bond donors (Lipinski definition) is 1. The van der Waals surface area contributed by atoms with Crippen LogP contribution in [0.3, 0.4) is 0 Å². The van der Waals surface area contributed by atoms with Gasteiger partial charge >= 0.3 is 0 Å². The Hall–Kier alpha value is -1.43. The van der Waals surface area contributed by atoms with Gasteiger partial charge in [-0.3, -0.25) is 14.7 Å². The highest BCUT2D eigenvalue weighted by atomic mass is 35.5. The molecule has 0 unspecified atom stereocenters. The summed E-state index contributed by atoms with van der Waals surface area (Å²) in [6.45, 7) is 5.64. The van der Waals surface area contributed by atoms with Gasteiger partial charge in [-0.2, -0.15) is 0 Å². The lowest BCUT2D eigenvalue weighted by molar-refractivity contribution is 0.0951. The molecule has 122 valence electrons. The SMILES string of the molecule is Cc1cccc(CN2CC[C@@H](CNC(=O)c3sccc3Cl)C2)n1. The first-order chi connectivity index (χ1) is 11.1. The van der Waals surface area contributed by atoms with E-state index in [1.54, 1.807) is 6.07 Å². The molecule has 0 spiro atoms. The number of amides is 1. The number of aryl methyl sites for hydroxylation is 1. The Balaban J connectivity index is 1.47. The third-order valence-electron chi connectivity index (χ3n) is 4.08. The van der Waals surface area contributed by atoms with Gasteiger partial charge in [-0.25, -0.2) is 0 Å². The van der Waals surface area contributed by atoms with Crippen molar-refractivity contribution in [3.8, 4) is 0 Å². The predicted molar refractivity (Wildman–Crippen MR) is 94.0 cm³/mol. The molecule has 0 aromatic carbocycles. The average Bonchev–Trinajstić information content (AvgIpc) is 3.14. The minimum atomic E-state index is -0.0659. The molecule has 1 amide bonds. The molecular formula is C17H20ClN3OS. The zero-order valence-electron chi connectivity index (χ0n) is 13.1. The van der Waals surface area contributed by atoms with E-state index in [0.29, 0.717) is 22.4 Å². The van der Waals surface area contributed by atoms with E-state index in [1.165, 1.54) is 11.3 Å². The number of likely N-dealkylation sites (tertiary alicyclic amines) is 1. The summed E-state index contributed by atoms with van der Waals surface area (Å²) >= 11 is 7.37. The fourth-order valence-corrected chi connectivity index (χ4v) is 3.97. The maximum Gasteiger partial charge on any atom is 0.262 e. The third kappa shape index (κ3) is 4.31. The highest BCUT2D eigenvalue weighted by Crippen LogP contribution is 2.22. The molecule has 0 saturated carbocycles. The van der Waals surface area contributed by atoms with Crippen LogP contribution in [0.5, 0.6) is 0 Å². The van der Waals surface area contributed by atoms with Crippen LogP contribution in [0.25, 0.3) is 0 Å². The Kier molecular flexibility index (Phi) is 5.30. The van der Waals surface area contributed by atoms with Gasteiger partial charge in [-0.15, -0.1) is 11.3 Å². The Morgan fingerprint density at radius 1 is 1.48 bits per heavy atom. The zero-order valence-corrected chi connectivity index (χ0v) is 14.7. The summed E-state index contributed by atoms with van der Waals surface area (Å²) in [6.07, 6.45) is 1.10. The minimum absolute atomic E-state index is 0.0659. The normalized spacial score (nSPS) is 18.3. The van der Waals surface area contributed by atoms with Gasteiger partial charge < -0.3 is 5.32 Å². The summed E-state index contributed by atoms with van der Waals surface area (Å²) in [7, 11) is 0. The van der Waals surface area contributed by atoms with E-state index < -0.39 is 0 Å². The third-order valence-corrected chi connectivity index (χ3v) is 5.42. The van der Waals surface area contributed by atoms with Gasteiger partial charge in [0.1, 0.15) is 4.88 Å². The summed E-state index contributed by atoms with van der Waals surface area (Å²) in [6, 6.07) is 7.89. The highest BCUT2D eigenvalue weighted by Gasteiger charge is 2.23. The van der Waals surface area contributed by atoms with Crippen LogP contribution in [0.15, 0.2) is 29.6 Å². The quantitative estimate of drug-likeness (QED) is 0.900. The van der Waals surface area contributed by atoms with Crippen molar-refractivity contribution in [2.24, 2.45) is 5.92 Å². The van der Waals surface area contributed by atoms with Gasteiger partial charge in [0.25, 0.3) is 5.91 Å². The molecule has 2 aromatic rings. The van der Waals surface area contributed by atoms with Crippen molar-refractivity contribution < 1.29 is 4.79 Å². The Morgan fingerprint density at radius 2 is 2.35 bits per heavy atom. The van der Waals surface area contributed by atoms with E-state index in [0.717, 1.165) is 37.4 Å². The molecular weight excluding hydrogens is 330 g/mol. The summed E-state index contributed by atoms with van der Waals surface area (Å²) in [4.78, 5) is 19.6. The van der Waals surface area contributed by atoms with Crippen LogP contribution >= 0.6 is 22.9 Å². The van der Waals surface area contributed by atoms with Crippen molar-refractivity contribution in [1.29, 1.82) is 0 Å². The molecule has 3 rings (SSSR count). The highest BCUT2D eigenvalue weighted by molar-refractivity contribution is 7.12. The van der Waals surface area contributed by atoms with E-state index in [-0.39, 0.29) is 5.91 Å². The van der Waals surface area contributed by atoms with Crippen molar-refractivity contribution in [1.82, 2.24) is 15.2 Å². The number of carbonyl (C=O) groups is 1. The molecule has 4 nitrogen and oxygen atoms in total. The summed E-state index contributed by atoms with van der Waals surface area (Å²) in [5, 5.41) is 5.38.